The Hall–Kier alpha value is -2.20. The number of fused-ring (bicyclic) bond motifs is 1. The Bertz CT molecular complexity index is 698. The lowest BCUT2D eigenvalue weighted by molar-refractivity contribution is 0.174. The standard InChI is InChI=1S/C19H21NO3/c1-12-16(14-5-8-17-18(9-14)23-11-22-17)10-20-19(12)13-3-6-15(21-2)7-4-13/h3-9,12,16,19-20H,10-11H2,1-2H3/t12-,16+,19-/m1/s1. The molecule has 4 heteroatoms. The van der Waals surface area contributed by atoms with Gasteiger partial charge in [-0.25, -0.2) is 0 Å². The highest BCUT2D eigenvalue weighted by Crippen LogP contribution is 2.42. The van der Waals surface area contributed by atoms with Crippen molar-refractivity contribution in [1.82, 2.24) is 5.32 Å². The van der Waals surface area contributed by atoms with E-state index >= 15 is 0 Å². The highest BCUT2D eigenvalue weighted by Gasteiger charge is 2.34. The molecule has 2 heterocycles. The molecule has 2 aliphatic heterocycles. The van der Waals surface area contributed by atoms with E-state index in [1.54, 1.807) is 7.11 Å². The number of rotatable bonds is 3. The van der Waals surface area contributed by atoms with Crippen LogP contribution in [0.1, 0.15) is 30.0 Å². The Morgan fingerprint density at radius 2 is 1.74 bits per heavy atom. The molecule has 3 atom stereocenters. The summed E-state index contributed by atoms with van der Waals surface area (Å²) in [6.07, 6.45) is 0. The molecule has 2 aromatic rings. The first kappa shape index (κ1) is 14.4. The van der Waals surface area contributed by atoms with E-state index < -0.39 is 0 Å². The molecule has 1 N–H and O–H groups in total. The maximum atomic E-state index is 5.51. The lowest BCUT2D eigenvalue weighted by Gasteiger charge is -2.21. The third-order valence-corrected chi connectivity index (χ3v) is 5.02. The van der Waals surface area contributed by atoms with Crippen LogP contribution >= 0.6 is 0 Å². The Morgan fingerprint density at radius 1 is 1.00 bits per heavy atom. The van der Waals surface area contributed by atoms with Gasteiger partial charge in [-0.05, 0) is 41.3 Å². The van der Waals surface area contributed by atoms with Gasteiger partial charge in [-0.3, -0.25) is 0 Å². The predicted octanol–water partition coefficient (Wildman–Crippen LogP) is 3.49. The molecular weight excluding hydrogens is 290 g/mol. The number of methoxy groups -OCH3 is 1. The number of benzene rings is 2. The molecule has 120 valence electrons. The van der Waals surface area contributed by atoms with Crippen LogP contribution in [-0.4, -0.2) is 20.4 Å². The minimum absolute atomic E-state index is 0.325. The summed E-state index contributed by atoms with van der Waals surface area (Å²) in [5.41, 5.74) is 2.62. The van der Waals surface area contributed by atoms with E-state index in [2.05, 4.69) is 36.5 Å². The zero-order valence-electron chi connectivity index (χ0n) is 13.4. The van der Waals surface area contributed by atoms with Crippen molar-refractivity contribution < 1.29 is 14.2 Å². The highest BCUT2D eigenvalue weighted by molar-refractivity contribution is 5.46. The molecule has 0 saturated carbocycles. The first-order valence-electron chi connectivity index (χ1n) is 8.03. The second-order valence-corrected chi connectivity index (χ2v) is 6.24. The van der Waals surface area contributed by atoms with Gasteiger partial charge in [0.05, 0.1) is 7.11 Å². The smallest absolute Gasteiger partial charge is 0.231 e. The second-order valence-electron chi connectivity index (χ2n) is 6.24. The number of nitrogens with one attached hydrogen (secondary N) is 1. The maximum absolute atomic E-state index is 5.51. The topological polar surface area (TPSA) is 39.7 Å². The average molecular weight is 311 g/mol. The summed E-state index contributed by atoms with van der Waals surface area (Å²) >= 11 is 0. The molecule has 2 aromatic carbocycles. The molecule has 4 nitrogen and oxygen atoms in total. The van der Waals surface area contributed by atoms with Crippen molar-refractivity contribution in [3.05, 3.63) is 53.6 Å². The van der Waals surface area contributed by atoms with Gasteiger partial charge < -0.3 is 19.5 Å². The summed E-state index contributed by atoms with van der Waals surface area (Å²) in [4.78, 5) is 0. The van der Waals surface area contributed by atoms with Gasteiger partial charge in [0.1, 0.15) is 5.75 Å². The third kappa shape index (κ3) is 2.53. The van der Waals surface area contributed by atoms with Crippen LogP contribution in [0.15, 0.2) is 42.5 Å². The lowest BCUT2D eigenvalue weighted by Crippen LogP contribution is -2.16. The molecule has 1 fully saturated rings. The van der Waals surface area contributed by atoms with Crippen LogP contribution < -0.4 is 19.5 Å². The fourth-order valence-corrected chi connectivity index (χ4v) is 3.66. The predicted molar refractivity (Wildman–Crippen MR) is 88.2 cm³/mol. The molecule has 0 aromatic heterocycles. The molecule has 0 radical (unpaired) electrons. The third-order valence-electron chi connectivity index (χ3n) is 5.02. The van der Waals surface area contributed by atoms with Gasteiger partial charge in [0, 0.05) is 18.5 Å². The average Bonchev–Trinajstić information content (AvgIpc) is 3.20. The number of ether oxygens (including phenoxy) is 3. The summed E-state index contributed by atoms with van der Waals surface area (Å²) in [5.74, 6) is 3.58. The van der Waals surface area contributed by atoms with Crippen LogP contribution in [0.25, 0.3) is 0 Å². The quantitative estimate of drug-likeness (QED) is 0.942. The fourth-order valence-electron chi connectivity index (χ4n) is 3.66. The van der Waals surface area contributed by atoms with Crippen molar-refractivity contribution in [3.8, 4) is 17.2 Å². The molecule has 2 aliphatic rings. The van der Waals surface area contributed by atoms with Gasteiger partial charge in [0.2, 0.25) is 6.79 Å². The van der Waals surface area contributed by atoms with E-state index in [1.165, 1.54) is 11.1 Å². The summed E-state index contributed by atoms with van der Waals surface area (Å²) in [5, 5.41) is 3.66. The van der Waals surface area contributed by atoms with Gasteiger partial charge in [-0.15, -0.1) is 0 Å². The zero-order valence-corrected chi connectivity index (χ0v) is 13.4. The molecule has 0 aliphatic carbocycles. The molecule has 0 spiro atoms. The van der Waals surface area contributed by atoms with Crippen LogP contribution in [0.4, 0.5) is 0 Å². The van der Waals surface area contributed by atoms with E-state index in [1.807, 2.05) is 18.2 Å². The van der Waals surface area contributed by atoms with Crippen molar-refractivity contribution in [2.45, 2.75) is 18.9 Å². The molecule has 0 unspecified atom stereocenters. The van der Waals surface area contributed by atoms with Crippen LogP contribution in [-0.2, 0) is 0 Å². The first-order valence-corrected chi connectivity index (χ1v) is 8.03. The largest absolute Gasteiger partial charge is 0.497 e. The normalized spacial score (nSPS) is 25.6. The molecular formula is C19H21NO3. The first-order chi connectivity index (χ1) is 11.3. The van der Waals surface area contributed by atoms with E-state index in [0.717, 1.165) is 23.8 Å². The van der Waals surface area contributed by atoms with Crippen molar-refractivity contribution in [1.29, 1.82) is 0 Å². The Labute approximate surface area is 136 Å². The summed E-state index contributed by atoms with van der Waals surface area (Å²) in [7, 11) is 1.70. The van der Waals surface area contributed by atoms with E-state index in [4.69, 9.17) is 14.2 Å². The van der Waals surface area contributed by atoms with Crippen molar-refractivity contribution in [2.75, 3.05) is 20.4 Å². The van der Waals surface area contributed by atoms with Gasteiger partial charge in [0.25, 0.3) is 0 Å². The SMILES string of the molecule is COc1ccc([C@@H]2NC[C@H](c3ccc4c(c3)OCO4)[C@H]2C)cc1. The lowest BCUT2D eigenvalue weighted by atomic mass is 9.84. The number of hydrogen-bond acceptors (Lipinski definition) is 4. The monoisotopic (exact) mass is 311 g/mol. The van der Waals surface area contributed by atoms with Crippen molar-refractivity contribution in [3.63, 3.8) is 0 Å². The number of hydrogen-bond donors (Lipinski definition) is 1. The molecule has 23 heavy (non-hydrogen) atoms. The Kier molecular flexibility index (Phi) is 3.62. The van der Waals surface area contributed by atoms with Gasteiger partial charge >= 0.3 is 0 Å². The highest BCUT2D eigenvalue weighted by atomic mass is 16.7. The molecule has 4 rings (SSSR count). The maximum Gasteiger partial charge on any atom is 0.231 e. The summed E-state index contributed by atoms with van der Waals surface area (Å²) in [6, 6.07) is 15.0. The molecule has 1 saturated heterocycles. The van der Waals surface area contributed by atoms with Crippen LogP contribution in [0.5, 0.6) is 17.2 Å². The minimum atomic E-state index is 0.325. The van der Waals surface area contributed by atoms with E-state index in [-0.39, 0.29) is 0 Å². The molecule has 0 amide bonds. The van der Waals surface area contributed by atoms with Crippen molar-refractivity contribution in [2.24, 2.45) is 5.92 Å². The summed E-state index contributed by atoms with van der Waals surface area (Å²) in [6.45, 7) is 3.60. The Balaban J connectivity index is 1.56. The van der Waals surface area contributed by atoms with Crippen molar-refractivity contribution >= 4 is 0 Å². The van der Waals surface area contributed by atoms with Gasteiger partial charge in [-0.1, -0.05) is 25.1 Å². The van der Waals surface area contributed by atoms with Gasteiger partial charge in [0.15, 0.2) is 11.5 Å². The van der Waals surface area contributed by atoms with E-state index in [9.17, 15) is 0 Å². The zero-order chi connectivity index (χ0) is 15.8. The molecule has 0 bridgehead atoms. The Morgan fingerprint density at radius 3 is 2.52 bits per heavy atom. The second kappa shape index (κ2) is 5.78. The fraction of sp³-hybridized carbons (Fsp3) is 0.368. The summed E-state index contributed by atoms with van der Waals surface area (Å²) < 4.78 is 16.2. The van der Waals surface area contributed by atoms with Crippen LogP contribution in [0, 0.1) is 5.92 Å². The van der Waals surface area contributed by atoms with Crippen LogP contribution in [0.2, 0.25) is 0 Å². The van der Waals surface area contributed by atoms with E-state index in [0.29, 0.717) is 24.7 Å². The minimum Gasteiger partial charge on any atom is -0.497 e. The van der Waals surface area contributed by atoms with Gasteiger partial charge in [-0.2, -0.15) is 0 Å². The van der Waals surface area contributed by atoms with Crippen LogP contribution in [0.3, 0.4) is 0 Å².